The van der Waals surface area contributed by atoms with E-state index in [2.05, 4.69) is 5.32 Å². The second kappa shape index (κ2) is 8.87. The minimum Gasteiger partial charge on any atom is -0.460 e. The zero-order chi connectivity index (χ0) is 20.2. The Bertz CT molecular complexity index is 673. The minimum atomic E-state index is -3.38. The van der Waals surface area contributed by atoms with Crippen LogP contribution in [0.25, 0.3) is 0 Å². The van der Waals surface area contributed by atoms with Crippen molar-refractivity contribution in [3.05, 3.63) is 35.4 Å². The molecule has 1 aliphatic heterocycles. The summed E-state index contributed by atoms with van der Waals surface area (Å²) in [5, 5.41) is 3.34. The van der Waals surface area contributed by atoms with Gasteiger partial charge in [0.15, 0.2) is 0 Å². The Balaban J connectivity index is 2.34. The number of rotatable bonds is 7. The van der Waals surface area contributed by atoms with E-state index in [1.807, 2.05) is 52.0 Å². The number of aryl methyl sites for hydroxylation is 1. The molecule has 7 heteroatoms. The van der Waals surface area contributed by atoms with Crippen LogP contribution in [0.15, 0.2) is 24.3 Å². The molecule has 0 bridgehead atoms. The molecule has 1 aromatic rings. The molecule has 1 heterocycles. The Labute approximate surface area is 162 Å². The van der Waals surface area contributed by atoms with Crippen molar-refractivity contribution in [2.75, 3.05) is 13.2 Å². The van der Waals surface area contributed by atoms with Crippen LogP contribution in [0.4, 0.5) is 0 Å². The molecule has 2 rings (SSSR count). The third-order valence-corrected chi connectivity index (χ3v) is 6.76. The van der Waals surface area contributed by atoms with Crippen molar-refractivity contribution in [3.8, 4) is 0 Å². The average molecular weight is 397 g/mol. The molecule has 0 radical (unpaired) electrons. The molecule has 0 aromatic heterocycles. The van der Waals surface area contributed by atoms with Gasteiger partial charge in [-0.25, -0.2) is 0 Å². The van der Waals surface area contributed by atoms with Crippen LogP contribution in [0.3, 0.4) is 0 Å². The lowest BCUT2D eigenvalue weighted by Gasteiger charge is -2.25. The number of carbonyl (C=O) groups is 1. The van der Waals surface area contributed by atoms with E-state index in [1.54, 1.807) is 13.8 Å². The Kier molecular flexibility index (Phi) is 7.26. The quantitative estimate of drug-likeness (QED) is 0.536. The Morgan fingerprint density at radius 3 is 2.19 bits per heavy atom. The molecule has 1 fully saturated rings. The van der Waals surface area contributed by atoms with Gasteiger partial charge in [0, 0.05) is 6.04 Å². The summed E-state index contributed by atoms with van der Waals surface area (Å²) in [6, 6.07) is 7.67. The second-order valence-electron chi connectivity index (χ2n) is 7.82. The van der Waals surface area contributed by atoms with E-state index in [4.69, 9.17) is 13.8 Å². The molecule has 0 aliphatic carbocycles. The van der Waals surface area contributed by atoms with E-state index >= 15 is 0 Å². The average Bonchev–Trinajstić information content (AvgIpc) is 3.00. The van der Waals surface area contributed by atoms with Crippen LogP contribution in [-0.4, -0.2) is 30.6 Å². The van der Waals surface area contributed by atoms with Gasteiger partial charge in [-0.3, -0.25) is 14.7 Å². The third-order valence-electron chi connectivity index (χ3n) is 4.40. The molecule has 0 amide bonds. The van der Waals surface area contributed by atoms with E-state index in [0.717, 1.165) is 11.1 Å². The summed E-state index contributed by atoms with van der Waals surface area (Å²) >= 11 is 0. The number of nitrogens with one attached hydrogen (secondary N) is 1. The Morgan fingerprint density at radius 1 is 1.15 bits per heavy atom. The van der Waals surface area contributed by atoms with Gasteiger partial charge in [-0.2, -0.15) is 0 Å². The monoisotopic (exact) mass is 397 g/mol. The van der Waals surface area contributed by atoms with Crippen LogP contribution in [0.1, 0.15) is 58.2 Å². The van der Waals surface area contributed by atoms with E-state index in [0.29, 0.717) is 6.42 Å². The van der Waals surface area contributed by atoms with Gasteiger partial charge in [0.05, 0.1) is 19.1 Å². The van der Waals surface area contributed by atoms with E-state index in [9.17, 15) is 9.36 Å². The molecule has 0 unspecified atom stereocenters. The predicted molar refractivity (Wildman–Crippen MR) is 106 cm³/mol. The maximum Gasteiger partial charge on any atom is 0.347 e. The standard InChI is InChI=1S/C20H32NO5P/c1-7-24-27(23,25-8-2)17-13-16(19(22)26-20(4,5)6)18(21-17)15-11-9-14(3)10-12-15/h9-12,16-18,21H,7-8,13H2,1-6H3/t16-,17-,18+/m0/s1. The largest absolute Gasteiger partial charge is 0.460 e. The van der Waals surface area contributed by atoms with Gasteiger partial charge < -0.3 is 13.8 Å². The van der Waals surface area contributed by atoms with Gasteiger partial charge in [-0.1, -0.05) is 29.8 Å². The summed E-state index contributed by atoms with van der Waals surface area (Å²) in [6.45, 7) is 11.7. The van der Waals surface area contributed by atoms with Crippen LogP contribution in [0.5, 0.6) is 0 Å². The van der Waals surface area contributed by atoms with Gasteiger partial charge in [0.25, 0.3) is 0 Å². The van der Waals surface area contributed by atoms with Crippen LogP contribution < -0.4 is 5.32 Å². The van der Waals surface area contributed by atoms with Gasteiger partial charge in [0.1, 0.15) is 11.4 Å². The van der Waals surface area contributed by atoms with E-state index in [1.165, 1.54) is 0 Å². The first-order valence-electron chi connectivity index (χ1n) is 9.54. The highest BCUT2D eigenvalue weighted by Gasteiger charge is 2.49. The minimum absolute atomic E-state index is 0.280. The SMILES string of the molecule is CCOP(=O)(OCC)[C@H]1C[C@H](C(=O)OC(C)(C)C)[C@@H](c2ccc(C)cc2)N1. The lowest BCUT2D eigenvalue weighted by Crippen LogP contribution is -2.32. The lowest BCUT2D eigenvalue weighted by atomic mass is 9.93. The summed E-state index contributed by atoms with van der Waals surface area (Å²) in [7, 11) is -3.38. The fraction of sp³-hybridized carbons (Fsp3) is 0.650. The van der Waals surface area contributed by atoms with Crippen molar-refractivity contribution in [1.29, 1.82) is 0 Å². The molecule has 3 atom stereocenters. The van der Waals surface area contributed by atoms with E-state index in [-0.39, 0.29) is 25.2 Å². The smallest absolute Gasteiger partial charge is 0.347 e. The predicted octanol–water partition coefficient (Wildman–Crippen LogP) is 4.58. The van der Waals surface area contributed by atoms with Crippen LogP contribution in [0, 0.1) is 12.8 Å². The lowest BCUT2D eigenvalue weighted by molar-refractivity contribution is -0.160. The van der Waals surface area contributed by atoms with Crippen LogP contribution in [0.2, 0.25) is 0 Å². The molecule has 0 spiro atoms. The van der Waals surface area contributed by atoms with E-state index < -0.39 is 24.9 Å². The van der Waals surface area contributed by atoms with Gasteiger partial charge in [-0.05, 0) is 53.5 Å². The maximum absolute atomic E-state index is 13.2. The van der Waals surface area contributed by atoms with Gasteiger partial charge >= 0.3 is 13.6 Å². The summed E-state index contributed by atoms with van der Waals surface area (Å²) in [5.74, 6) is -1.32. The number of esters is 1. The highest BCUT2D eigenvalue weighted by molar-refractivity contribution is 7.54. The normalized spacial score (nSPS) is 23.4. The van der Waals surface area contributed by atoms with Gasteiger partial charge in [0.2, 0.25) is 0 Å². The highest BCUT2D eigenvalue weighted by Crippen LogP contribution is 2.57. The van der Waals surface area contributed by atoms with Crippen molar-refractivity contribution in [1.82, 2.24) is 5.32 Å². The molecule has 6 nitrogen and oxygen atoms in total. The summed E-state index contributed by atoms with van der Waals surface area (Å²) in [5.41, 5.74) is 1.51. The summed E-state index contributed by atoms with van der Waals surface area (Å²) < 4.78 is 29.9. The van der Waals surface area contributed by atoms with Gasteiger partial charge in [-0.15, -0.1) is 0 Å². The first-order valence-corrected chi connectivity index (χ1v) is 11.1. The first-order chi connectivity index (χ1) is 12.6. The zero-order valence-corrected chi connectivity index (χ0v) is 18.0. The van der Waals surface area contributed by atoms with Crippen LogP contribution in [-0.2, 0) is 23.1 Å². The zero-order valence-electron chi connectivity index (χ0n) is 17.2. The molecule has 27 heavy (non-hydrogen) atoms. The van der Waals surface area contributed by atoms with Crippen LogP contribution >= 0.6 is 7.60 Å². The summed E-state index contributed by atoms with van der Waals surface area (Å²) in [6.07, 6.45) is 0.338. The molecule has 0 saturated carbocycles. The fourth-order valence-electron chi connectivity index (χ4n) is 3.28. The van der Waals surface area contributed by atoms with Crippen molar-refractivity contribution >= 4 is 13.6 Å². The topological polar surface area (TPSA) is 73.9 Å². The Hall–Kier alpha value is -1.20. The fourth-order valence-corrected chi connectivity index (χ4v) is 5.26. The molecular formula is C20H32NO5P. The van der Waals surface area contributed by atoms with Crippen molar-refractivity contribution in [2.45, 2.75) is 65.4 Å². The second-order valence-corrected chi connectivity index (χ2v) is 10.0. The molecule has 152 valence electrons. The molecule has 1 aliphatic rings. The third kappa shape index (κ3) is 5.64. The molecule has 1 saturated heterocycles. The molecule has 1 aromatic carbocycles. The molecule has 1 N–H and O–H groups in total. The number of ether oxygens (including phenoxy) is 1. The number of hydrogen-bond acceptors (Lipinski definition) is 6. The number of hydrogen-bond donors (Lipinski definition) is 1. The first kappa shape index (κ1) is 22.1. The number of carbonyl (C=O) groups excluding carboxylic acids is 1. The van der Waals surface area contributed by atoms with Crippen molar-refractivity contribution in [2.24, 2.45) is 5.92 Å². The molecular weight excluding hydrogens is 365 g/mol. The Morgan fingerprint density at radius 2 is 1.70 bits per heavy atom. The number of benzene rings is 1. The highest BCUT2D eigenvalue weighted by atomic mass is 31.2. The summed E-state index contributed by atoms with van der Waals surface area (Å²) in [4.78, 5) is 12.9. The maximum atomic E-state index is 13.2. The van der Waals surface area contributed by atoms with Crippen molar-refractivity contribution < 1.29 is 23.1 Å². The van der Waals surface area contributed by atoms with Crippen molar-refractivity contribution in [3.63, 3.8) is 0 Å².